The van der Waals surface area contributed by atoms with Crippen molar-refractivity contribution >= 4 is 23.7 Å². The smallest absolute Gasteiger partial charge is 0.126 e. The van der Waals surface area contributed by atoms with Gasteiger partial charge >= 0.3 is 0 Å². The summed E-state index contributed by atoms with van der Waals surface area (Å²) >= 11 is 1.59. The van der Waals surface area contributed by atoms with Crippen LogP contribution in [0.4, 0.5) is 4.39 Å². The number of benzene rings is 1. The van der Waals surface area contributed by atoms with Gasteiger partial charge in [0.15, 0.2) is 0 Å². The van der Waals surface area contributed by atoms with Gasteiger partial charge in [-0.1, -0.05) is 18.2 Å². The highest BCUT2D eigenvalue weighted by atomic mass is 35.5. The monoisotopic (exact) mass is 257 g/mol. The Morgan fingerprint density at radius 2 is 2.00 bits per heavy atom. The van der Waals surface area contributed by atoms with Crippen LogP contribution in [0.3, 0.4) is 0 Å². The average molecular weight is 258 g/mol. The molecule has 2 rings (SSSR count). The van der Waals surface area contributed by atoms with E-state index in [2.05, 4.69) is 0 Å². The molecule has 0 saturated carbocycles. The lowest BCUT2D eigenvalue weighted by molar-refractivity contribution is 0.613. The Kier molecular flexibility index (Phi) is 4.47. The molecule has 86 valence electrons. The molecule has 1 aromatic carbocycles. The molecule has 0 aliphatic carbocycles. The lowest BCUT2D eigenvalue weighted by Gasteiger charge is -2.13. The second kappa shape index (κ2) is 5.43. The Morgan fingerprint density at radius 1 is 1.25 bits per heavy atom. The van der Waals surface area contributed by atoms with Crippen molar-refractivity contribution in [3.63, 3.8) is 0 Å². The third-order valence-corrected chi connectivity index (χ3v) is 3.45. The van der Waals surface area contributed by atoms with Crippen molar-refractivity contribution in [1.29, 1.82) is 0 Å². The number of halogens is 2. The van der Waals surface area contributed by atoms with Crippen LogP contribution in [0.2, 0.25) is 0 Å². The quantitative estimate of drug-likeness (QED) is 0.873. The van der Waals surface area contributed by atoms with Crippen LogP contribution < -0.4 is 5.73 Å². The summed E-state index contributed by atoms with van der Waals surface area (Å²) in [7, 11) is 0. The summed E-state index contributed by atoms with van der Waals surface area (Å²) in [4.78, 5) is 1.06. The molecular formula is C12H13ClFNS. The topological polar surface area (TPSA) is 26.0 Å². The van der Waals surface area contributed by atoms with Crippen LogP contribution in [0.5, 0.6) is 0 Å². The van der Waals surface area contributed by atoms with Gasteiger partial charge in [-0.05, 0) is 35.6 Å². The van der Waals surface area contributed by atoms with Gasteiger partial charge in [0.05, 0.1) is 6.04 Å². The number of hydrogen-bond acceptors (Lipinski definition) is 2. The first kappa shape index (κ1) is 13.2. The fraction of sp³-hybridized carbons (Fsp3) is 0.167. The van der Waals surface area contributed by atoms with Gasteiger partial charge < -0.3 is 5.73 Å². The van der Waals surface area contributed by atoms with Gasteiger partial charge in [0.1, 0.15) is 5.82 Å². The third kappa shape index (κ3) is 2.43. The van der Waals surface area contributed by atoms with Crippen LogP contribution in [0.25, 0.3) is 0 Å². The lowest BCUT2D eigenvalue weighted by atomic mass is 10.0. The predicted molar refractivity (Wildman–Crippen MR) is 68.7 cm³/mol. The van der Waals surface area contributed by atoms with Gasteiger partial charge in [0, 0.05) is 4.88 Å². The number of nitrogens with two attached hydrogens (primary N) is 1. The van der Waals surface area contributed by atoms with Crippen LogP contribution in [0.1, 0.15) is 22.0 Å². The highest BCUT2D eigenvalue weighted by Gasteiger charge is 2.13. The maximum absolute atomic E-state index is 13.3. The van der Waals surface area contributed by atoms with Crippen molar-refractivity contribution in [2.75, 3.05) is 0 Å². The van der Waals surface area contributed by atoms with Gasteiger partial charge in [-0.25, -0.2) is 4.39 Å². The fourth-order valence-corrected chi connectivity index (χ4v) is 2.33. The molecule has 1 nitrogen and oxygen atoms in total. The van der Waals surface area contributed by atoms with Gasteiger partial charge in [-0.2, -0.15) is 0 Å². The zero-order chi connectivity index (χ0) is 10.8. The van der Waals surface area contributed by atoms with E-state index in [1.165, 1.54) is 6.07 Å². The van der Waals surface area contributed by atoms with Crippen molar-refractivity contribution in [1.82, 2.24) is 0 Å². The lowest BCUT2D eigenvalue weighted by Crippen LogP contribution is -2.12. The number of hydrogen-bond donors (Lipinski definition) is 1. The van der Waals surface area contributed by atoms with E-state index in [9.17, 15) is 4.39 Å². The van der Waals surface area contributed by atoms with E-state index in [1.807, 2.05) is 23.6 Å². The highest BCUT2D eigenvalue weighted by molar-refractivity contribution is 7.10. The molecule has 0 radical (unpaired) electrons. The summed E-state index contributed by atoms with van der Waals surface area (Å²) in [6, 6.07) is 8.74. The standard InChI is InChI=1S/C12H12FNS.ClH/c1-8-9(4-2-5-10(8)13)12(14)11-6-3-7-15-11;/h2-7,12H,14H2,1H3;1H/t12-;/m0./s1. The minimum absolute atomic E-state index is 0. The van der Waals surface area contributed by atoms with Crippen LogP contribution >= 0.6 is 23.7 Å². The molecule has 4 heteroatoms. The Labute approximate surface area is 105 Å². The van der Waals surface area contributed by atoms with E-state index in [0.717, 1.165) is 10.4 Å². The largest absolute Gasteiger partial charge is 0.320 e. The molecule has 0 saturated heterocycles. The van der Waals surface area contributed by atoms with Crippen molar-refractivity contribution in [3.8, 4) is 0 Å². The summed E-state index contributed by atoms with van der Waals surface area (Å²) in [6.45, 7) is 1.76. The molecule has 1 atom stereocenters. The van der Waals surface area contributed by atoms with Gasteiger partial charge in [0.2, 0.25) is 0 Å². The molecule has 2 N–H and O–H groups in total. The van der Waals surface area contributed by atoms with E-state index < -0.39 is 0 Å². The zero-order valence-corrected chi connectivity index (χ0v) is 10.4. The summed E-state index contributed by atoms with van der Waals surface area (Å²) < 4.78 is 13.3. The fourth-order valence-electron chi connectivity index (χ4n) is 1.58. The summed E-state index contributed by atoms with van der Waals surface area (Å²) in [5.74, 6) is -0.195. The Hall–Kier alpha value is -0.900. The predicted octanol–water partition coefficient (Wildman–Crippen LogP) is 3.67. The summed E-state index contributed by atoms with van der Waals surface area (Å²) in [5, 5.41) is 1.98. The van der Waals surface area contributed by atoms with Crippen LogP contribution in [-0.2, 0) is 0 Å². The molecule has 0 aliphatic heterocycles. The summed E-state index contributed by atoms with van der Waals surface area (Å²) in [5.41, 5.74) is 7.57. The second-order valence-corrected chi connectivity index (χ2v) is 4.43. The van der Waals surface area contributed by atoms with Gasteiger partial charge in [-0.3, -0.25) is 0 Å². The molecule has 0 unspecified atom stereocenters. The van der Waals surface area contributed by atoms with Crippen LogP contribution in [-0.4, -0.2) is 0 Å². The highest BCUT2D eigenvalue weighted by Crippen LogP contribution is 2.26. The van der Waals surface area contributed by atoms with Crippen molar-refractivity contribution in [2.45, 2.75) is 13.0 Å². The third-order valence-electron chi connectivity index (χ3n) is 2.49. The van der Waals surface area contributed by atoms with Crippen molar-refractivity contribution < 1.29 is 4.39 Å². The van der Waals surface area contributed by atoms with Gasteiger partial charge in [0.25, 0.3) is 0 Å². The number of rotatable bonds is 2. The first-order valence-electron chi connectivity index (χ1n) is 4.74. The SMILES string of the molecule is Cc1c(F)cccc1[C@H](N)c1cccs1.Cl. The van der Waals surface area contributed by atoms with Crippen molar-refractivity contribution in [2.24, 2.45) is 5.73 Å². The normalized spacial score (nSPS) is 11.9. The minimum Gasteiger partial charge on any atom is -0.320 e. The average Bonchev–Trinajstić information content (AvgIpc) is 2.74. The summed E-state index contributed by atoms with van der Waals surface area (Å²) in [6.07, 6.45) is 0. The molecule has 1 aromatic heterocycles. The van der Waals surface area contributed by atoms with Gasteiger partial charge in [-0.15, -0.1) is 23.7 Å². The Bertz CT molecular complexity index is 456. The molecule has 0 bridgehead atoms. The van der Waals surface area contributed by atoms with E-state index in [-0.39, 0.29) is 24.3 Å². The maximum atomic E-state index is 13.3. The van der Waals surface area contributed by atoms with Crippen LogP contribution in [0, 0.1) is 12.7 Å². The van der Waals surface area contributed by atoms with E-state index >= 15 is 0 Å². The maximum Gasteiger partial charge on any atom is 0.126 e. The minimum atomic E-state index is -0.222. The first-order chi connectivity index (χ1) is 7.20. The Balaban J connectivity index is 0.00000128. The molecular weight excluding hydrogens is 245 g/mol. The first-order valence-corrected chi connectivity index (χ1v) is 5.62. The molecule has 2 aromatic rings. The molecule has 0 aliphatic rings. The van der Waals surface area contributed by atoms with E-state index in [4.69, 9.17) is 5.73 Å². The molecule has 0 amide bonds. The second-order valence-electron chi connectivity index (χ2n) is 3.45. The Morgan fingerprint density at radius 3 is 2.62 bits per heavy atom. The number of thiophene rings is 1. The molecule has 16 heavy (non-hydrogen) atoms. The molecule has 1 heterocycles. The van der Waals surface area contributed by atoms with Crippen LogP contribution in [0.15, 0.2) is 35.7 Å². The van der Waals surface area contributed by atoms with Crippen molar-refractivity contribution in [3.05, 3.63) is 57.5 Å². The zero-order valence-electron chi connectivity index (χ0n) is 8.81. The molecule has 0 spiro atoms. The molecule has 0 fully saturated rings. The van der Waals surface area contributed by atoms with E-state index in [0.29, 0.717) is 5.56 Å². The van der Waals surface area contributed by atoms with E-state index in [1.54, 1.807) is 24.3 Å².